The van der Waals surface area contributed by atoms with Gasteiger partial charge in [-0.2, -0.15) is 4.99 Å². The van der Waals surface area contributed by atoms with Crippen LogP contribution in [0.5, 0.6) is 0 Å². The lowest BCUT2D eigenvalue weighted by Crippen LogP contribution is -2.30. The van der Waals surface area contributed by atoms with E-state index in [1.54, 1.807) is 0 Å². The lowest BCUT2D eigenvalue weighted by atomic mass is 10.3. The molecular formula is C8H18N6O. The fourth-order valence-electron chi connectivity index (χ4n) is 0.834. The zero-order valence-corrected chi connectivity index (χ0v) is 9.03. The second-order valence-electron chi connectivity index (χ2n) is 3.25. The SMILES string of the molecule is CC(C)NC(=O)CCN=C(N)N=C(N)N. The smallest absolute Gasteiger partial charge is 0.222 e. The maximum absolute atomic E-state index is 11.2. The number of guanidine groups is 2. The van der Waals surface area contributed by atoms with Crippen LogP contribution in [0.2, 0.25) is 0 Å². The van der Waals surface area contributed by atoms with Gasteiger partial charge in [0.1, 0.15) is 0 Å². The summed E-state index contributed by atoms with van der Waals surface area (Å²) >= 11 is 0. The van der Waals surface area contributed by atoms with Crippen LogP contribution in [0, 0.1) is 0 Å². The van der Waals surface area contributed by atoms with Crippen molar-refractivity contribution in [2.75, 3.05) is 6.54 Å². The van der Waals surface area contributed by atoms with Gasteiger partial charge in [0.15, 0.2) is 5.96 Å². The maximum Gasteiger partial charge on any atom is 0.222 e. The van der Waals surface area contributed by atoms with Crippen molar-refractivity contribution in [3.63, 3.8) is 0 Å². The van der Waals surface area contributed by atoms with Gasteiger partial charge in [0, 0.05) is 12.5 Å². The summed E-state index contributed by atoms with van der Waals surface area (Å²) in [5.41, 5.74) is 15.5. The van der Waals surface area contributed by atoms with Crippen LogP contribution in [0.3, 0.4) is 0 Å². The summed E-state index contributed by atoms with van der Waals surface area (Å²) in [6, 6.07) is 0.122. The van der Waals surface area contributed by atoms with Gasteiger partial charge < -0.3 is 22.5 Å². The molecule has 0 rings (SSSR count). The van der Waals surface area contributed by atoms with Crippen molar-refractivity contribution in [1.82, 2.24) is 5.32 Å². The number of carbonyl (C=O) groups is 1. The molecule has 0 spiro atoms. The lowest BCUT2D eigenvalue weighted by Gasteiger charge is -2.06. The number of nitrogens with zero attached hydrogens (tertiary/aromatic N) is 2. The number of aliphatic imine (C=N–C) groups is 2. The molecule has 0 aliphatic heterocycles. The van der Waals surface area contributed by atoms with E-state index >= 15 is 0 Å². The van der Waals surface area contributed by atoms with E-state index in [9.17, 15) is 4.79 Å². The highest BCUT2D eigenvalue weighted by Crippen LogP contribution is 1.85. The third-order valence-electron chi connectivity index (χ3n) is 1.31. The molecule has 0 aliphatic carbocycles. The van der Waals surface area contributed by atoms with E-state index in [2.05, 4.69) is 15.3 Å². The molecule has 0 unspecified atom stereocenters. The minimum Gasteiger partial charge on any atom is -0.370 e. The van der Waals surface area contributed by atoms with Crippen molar-refractivity contribution < 1.29 is 4.79 Å². The Morgan fingerprint density at radius 2 is 1.93 bits per heavy atom. The maximum atomic E-state index is 11.2. The lowest BCUT2D eigenvalue weighted by molar-refractivity contribution is -0.121. The number of rotatable bonds is 4. The van der Waals surface area contributed by atoms with E-state index in [0.717, 1.165) is 0 Å². The number of hydrogen-bond donors (Lipinski definition) is 4. The molecular weight excluding hydrogens is 196 g/mol. The van der Waals surface area contributed by atoms with Gasteiger partial charge in [0.05, 0.1) is 6.54 Å². The average Bonchev–Trinajstić information content (AvgIpc) is 2.00. The van der Waals surface area contributed by atoms with E-state index < -0.39 is 0 Å². The summed E-state index contributed by atoms with van der Waals surface area (Å²) < 4.78 is 0. The van der Waals surface area contributed by atoms with Gasteiger partial charge in [-0.05, 0) is 13.8 Å². The van der Waals surface area contributed by atoms with Gasteiger partial charge >= 0.3 is 0 Å². The Balaban J connectivity index is 3.87. The van der Waals surface area contributed by atoms with Crippen molar-refractivity contribution in [2.24, 2.45) is 27.2 Å². The highest BCUT2D eigenvalue weighted by molar-refractivity contribution is 5.92. The summed E-state index contributed by atoms with van der Waals surface area (Å²) in [4.78, 5) is 18.5. The Morgan fingerprint density at radius 3 is 2.40 bits per heavy atom. The van der Waals surface area contributed by atoms with Gasteiger partial charge in [-0.25, -0.2) is 0 Å². The van der Waals surface area contributed by atoms with Crippen molar-refractivity contribution >= 4 is 17.8 Å². The first kappa shape index (κ1) is 13.2. The molecule has 1 amide bonds. The van der Waals surface area contributed by atoms with E-state index in [0.29, 0.717) is 0 Å². The number of nitrogens with two attached hydrogens (primary N) is 3. The normalized spacial score (nSPS) is 11.3. The van der Waals surface area contributed by atoms with Gasteiger partial charge in [0.25, 0.3) is 0 Å². The molecule has 7 heteroatoms. The van der Waals surface area contributed by atoms with Crippen LogP contribution >= 0.6 is 0 Å². The fraction of sp³-hybridized carbons (Fsp3) is 0.625. The second kappa shape index (κ2) is 6.63. The van der Waals surface area contributed by atoms with Crippen LogP contribution in [0.1, 0.15) is 20.3 Å². The predicted molar refractivity (Wildman–Crippen MR) is 60.2 cm³/mol. The van der Waals surface area contributed by atoms with E-state index in [1.165, 1.54) is 0 Å². The molecule has 0 atom stereocenters. The van der Waals surface area contributed by atoms with Crippen molar-refractivity contribution in [1.29, 1.82) is 0 Å². The van der Waals surface area contributed by atoms with Crippen LogP contribution < -0.4 is 22.5 Å². The van der Waals surface area contributed by atoms with Crippen LogP contribution in [-0.2, 0) is 4.79 Å². The van der Waals surface area contributed by atoms with Crippen LogP contribution in [-0.4, -0.2) is 30.4 Å². The summed E-state index contributed by atoms with van der Waals surface area (Å²) in [6.07, 6.45) is 0.263. The molecule has 0 aliphatic rings. The molecule has 0 heterocycles. The Labute approximate surface area is 88.8 Å². The minimum atomic E-state index is -0.150. The Hall–Kier alpha value is -1.79. The first-order valence-corrected chi connectivity index (χ1v) is 4.60. The monoisotopic (exact) mass is 214 g/mol. The third kappa shape index (κ3) is 8.54. The molecule has 0 aromatic heterocycles. The summed E-state index contributed by atoms with van der Waals surface area (Å²) in [5.74, 6) is -0.249. The number of nitrogens with one attached hydrogen (secondary N) is 1. The summed E-state index contributed by atoms with van der Waals surface area (Å²) in [5, 5.41) is 2.72. The standard InChI is InChI=1S/C8H18N6O/c1-5(2)13-6(15)3-4-12-8(11)14-7(9)10/h5H,3-4H2,1-2H3,(H,13,15)(H6,9,10,11,12,14). The van der Waals surface area contributed by atoms with E-state index in [-0.39, 0.29) is 36.8 Å². The zero-order valence-electron chi connectivity index (χ0n) is 9.03. The van der Waals surface area contributed by atoms with Gasteiger partial charge in [-0.3, -0.25) is 9.79 Å². The first-order valence-electron chi connectivity index (χ1n) is 4.60. The molecule has 0 saturated heterocycles. The van der Waals surface area contributed by atoms with E-state index in [1.807, 2.05) is 13.8 Å². The van der Waals surface area contributed by atoms with Crippen LogP contribution in [0.15, 0.2) is 9.98 Å². The van der Waals surface area contributed by atoms with Gasteiger partial charge in [-0.1, -0.05) is 0 Å². The highest BCUT2D eigenvalue weighted by atomic mass is 16.1. The Bertz CT molecular complexity index is 266. The molecule has 0 radical (unpaired) electrons. The molecule has 0 fully saturated rings. The van der Waals surface area contributed by atoms with Crippen LogP contribution in [0.25, 0.3) is 0 Å². The number of carbonyl (C=O) groups excluding carboxylic acids is 1. The van der Waals surface area contributed by atoms with Gasteiger partial charge in [0.2, 0.25) is 11.9 Å². The van der Waals surface area contributed by atoms with Crippen molar-refractivity contribution in [2.45, 2.75) is 26.3 Å². The molecule has 0 aromatic carbocycles. The largest absolute Gasteiger partial charge is 0.370 e. The predicted octanol–water partition coefficient (Wildman–Crippen LogP) is -1.51. The van der Waals surface area contributed by atoms with Crippen LogP contribution in [0.4, 0.5) is 0 Å². The van der Waals surface area contributed by atoms with Gasteiger partial charge in [-0.15, -0.1) is 0 Å². The van der Waals surface area contributed by atoms with Crippen molar-refractivity contribution in [3.05, 3.63) is 0 Å². The quantitative estimate of drug-likeness (QED) is 0.334. The molecule has 86 valence electrons. The summed E-state index contributed by atoms with van der Waals surface area (Å²) in [7, 11) is 0. The Morgan fingerprint density at radius 1 is 1.33 bits per heavy atom. The highest BCUT2D eigenvalue weighted by Gasteiger charge is 2.01. The van der Waals surface area contributed by atoms with E-state index in [4.69, 9.17) is 17.2 Å². The Kier molecular flexibility index (Phi) is 5.84. The molecule has 0 saturated carbocycles. The van der Waals surface area contributed by atoms with Crippen molar-refractivity contribution in [3.8, 4) is 0 Å². The first-order chi connectivity index (χ1) is 6.91. The molecule has 7 nitrogen and oxygen atoms in total. The fourth-order valence-corrected chi connectivity index (χ4v) is 0.834. The minimum absolute atomic E-state index is 0.0210. The molecule has 0 bridgehead atoms. The molecule has 0 aromatic rings. The second-order valence-corrected chi connectivity index (χ2v) is 3.25. The average molecular weight is 214 g/mol. The number of amides is 1. The number of hydrogen-bond acceptors (Lipinski definition) is 2. The molecule has 15 heavy (non-hydrogen) atoms. The third-order valence-corrected chi connectivity index (χ3v) is 1.31. The zero-order chi connectivity index (χ0) is 11.8. The summed E-state index contributed by atoms with van der Waals surface area (Å²) in [6.45, 7) is 4.03. The topological polar surface area (TPSA) is 132 Å². The molecule has 7 N–H and O–H groups in total.